The van der Waals surface area contributed by atoms with Gasteiger partial charge in [-0.15, -0.1) is 5.10 Å². The highest BCUT2D eigenvalue weighted by Gasteiger charge is 2.34. The van der Waals surface area contributed by atoms with Gasteiger partial charge >= 0.3 is 6.18 Å². The third-order valence-electron chi connectivity index (χ3n) is 2.81. The molecule has 10 heteroatoms. The molecule has 0 aliphatic heterocycles. The molecular formula is C11H7F3N6S. The zero-order chi connectivity index (χ0) is 15.0. The quantitative estimate of drug-likeness (QED) is 0.866. The average Bonchev–Trinajstić information content (AvgIpc) is 3.18. The maximum absolute atomic E-state index is 12.7. The maximum atomic E-state index is 12.7. The Hall–Kier alpha value is -2.15. The second-order valence-corrected chi connectivity index (χ2v) is 5.35. The minimum atomic E-state index is -4.56. The van der Waals surface area contributed by atoms with E-state index in [4.69, 9.17) is 5.26 Å². The molecule has 2 aromatic rings. The third-order valence-corrected chi connectivity index (χ3v) is 3.77. The standard InChI is InChI=1S/C11H7F3N6S/c12-11(13,14)8-4-1-6(5-15)9(16-8)21-10-17-18-19-20(10)7-2-3-7/h1,4,7H,2-3H2. The molecule has 0 amide bonds. The van der Waals surface area contributed by atoms with Crippen LogP contribution in [0.25, 0.3) is 0 Å². The Morgan fingerprint density at radius 1 is 1.33 bits per heavy atom. The van der Waals surface area contributed by atoms with Gasteiger partial charge in [0, 0.05) is 0 Å². The van der Waals surface area contributed by atoms with Gasteiger partial charge in [-0.25, -0.2) is 9.67 Å². The van der Waals surface area contributed by atoms with E-state index in [1.165, 1.54) is 0 Å². The molecule has 0 N–H and O–H groups in total. The van der Waals surface area contributed by atoms with Crippen LogP contribution < -0.4 is 0 Å². The van der Waals surface area contributed by atoms with Crippen LogP contribution in [-0.4, -0.2) is 25.2 Å². The first-order chi connectivity index (χ1) is 9.99. The summed E-state index contributed by atoms with van der Waals surface area (Å²) in [5.74, 6) is 0. The van der Waals surface area contributed by atoms with Gasteiger partial charge in [-0.1, -0.05) is 0 Å². The fraction of sp³-hybridized carbons (Fsp3) is 0.364. The summed E-state index contributed by atoms with van der Waals surface area (Å²) in [6.45, 7) is 0. The summed E-state index contributed by atoms with van der Waals surface area (Å²) in [6.07, 6.45) is -2.70. The Morgan fingerprint density at radius 2 is 2.10 bits per heavy atom. The maximum Gasteiger partial charge on any atom is 0.433 e. The van der Waals surface area contributed by atoms with Crippen LogP contribution in [0.4, 0.5) is 13.2 Å². The van der Waals surface area contributed by atoms with Crippen molar-refractivity contribution in [3.05, 3.63) is 23.4 Å². The van der Waals surface area contributed by atoms with Gasteiger partial charge in [0.15, 0.2) is 0 Å². The highest BCUT2D eigenvalue weighted by Crippen LogP contribution is 2.38. The minimum Gasteiger partial charge on any atom is -0.235 e. The van der Waals surface area contributed by atoms with E-state index in [0.717, 1.165) is 36.7 Å². The lowest BCUT2D eigenvalue weighted by Crippen LogP contribution is -2.09. The van der Waals surface area contributed by atoms with Gasteiger partial charge in [0.05, 0.1) is 11.6 Å². The third kappa shape index (κ3) is 2.82. The average molecular weight is 312 g/mol. The summed E-state index contributed by atoms with van der Waals surface area (Å²) >= 11 is 0.864. The van der Waals surface area contributed by atoms with Crippen LogP contribution in [0.5, 0.6) is 0 Å². The van der Waals surface area contributed by atoms with Crippen LogP contribution in [-0.2, 0) is 6.18 Å². The number of hydrogen-bond acceptors (Lipinski definition) is 6. The first-order valence-corrected chi connectivity index (χ1v) is 6.75. The van der Waals surface area contributed by atoms with Crippen molar-refractivity contribution in [2.45, 2.75) is 35.2 Å². The topological polar surface area (TPSA) is 80.3 Å². The minimum absolute atomic E-state index is 0.0518. The lowest BCUT2D eigenvalue weighted by molar-refractivity contribution is -0.141. The van der Waals surface area contributed by atoms with E-state index in [1.54, 1.807) is 4.68 Å². The molecule has 1 aliphatic carbocycles. The van der Waals surface area contributed by atoms with E-state index < -0.39 is 11.9 Å². The van der Waals surface area contributed by atoms with Crippen molar-refractivity contribution in [2.24, 2.45) is 0 Å². The zero-order valence-electron chi connectivity index (χ0n) is 10.4. The molecule has 0 spiro atoms. The van der Waals surface area contributed by atoms with Crippen molar-refractivity contribution in [1.82, 2.24) is 25.2 Å². The lowest BCUT2D eigenvalue weighted by atomic mass is 10.2. The van der Waals surface area contributed by atoms with Crippen LogP contribution in [0.3, 0.4) is 0 Å². The number of tetrazole rings is 1. The number of nitriles is 1. The molecule has 0 bridgehead atoms. The monoisotopic (exact) mass is 312 g/mol. The summed E-state index contributed by atoms with van der Waals surface area (Å²) in [7, 11) is 0. The molecule has 2 aromatic heterocycles. The Morgan fingerprint density at radius 3 is 2.71 bits per heavy atom. The van der Waals surface area contributed by atoms with Crippen molar-refractivity contribution in [1.29, 1.82) is 5.26 Å². The molecule has 108 valence electrons. The SMILES string of the molecule is N#Cc1ccc(C(F)(F)F)nc1Sc1nnnn1C1CC1. The van der Waals surface area contributed by atoms with Crippen molar-refractivity contribution in [2.75, 3.05) is 0 Å². The van der Waals surface area contributed by atoms with E-state index in [1.807, 2.05) is 6.07 Å². The van der Waals surface area contributed by atoms with E-state index >= 15 is 0 Å². The first-order valence-electron chi connectivity index (χ1n) is 5.93. The van der Waals surface area contributed by atoms with E-state index in [0.29, 0.717) is 5.16 Å². The predicted molar refractivity (Wildman–Crippen MR) is 64.2 cm³/mol. The van der Waals surface area contributed by atoms with Crippen LogP contribution in [0.15, 0.2) is 22.3 Å². The van der Waals surface area contributed by atoms with Crippen LogP contribution in [0, 0.1) is 11.3 Å². The molecule has 0 radical (unpaired) electrons. The van der Waals surface area contributed by atoms with Crippen molar-refractivity contribution in [3.8, 4) is 6.07 Å². The number of aromatic nitrogens is 5. The van der Waals surface area contributed by atoms with E-state index in [-0.39, 0.29) is 16.6 Å². The Balaban J connectivity index is 1.96. The second-order valence-electron chi connectivity index (χ2n) is 4.40. The summed E-state index contributed by atoms with van der Waals surface area (Å²) in [5.41, 5.74) is -0.993. The summed E-state index contributed by atoms with van der Waals surface area (Å²) < 4.78 is 39.6. The van der Waals surface area contributed by atoms with Crippen LogP contribution in [0.2, 0.25) is 0 Å². The molecule has 1 fully saturated rings. The first kappa shape index (κ1) is 13.8. The molecule has 0 unspecified atom stereocenters. The van der Waals surface area contributed by atoms with Crippen LogP contribution >= 0.6 is 11.8 Å². The van der Waals surface area contributed by atoms with Crippen molar-refractivity contribution < 1.29 is 13.2 Å². The Kier molecular flexibility index (Phi) is 3.29. The molecule has 1 aliphatic rings. The molecule has 3 rings (SSSR count). The fourth-order valence-electron chi connectivity index (χ4n) is 1.65. The van der Waals surface area contributed by atoms with Crippen molar-refractivity contribution >= 4 is 11.8 Å². The fourth-order valence-corrected chi connectivity index (χ4v) is 2.55. The zero-order valence-corrected chi connectivity index (χ0v) is 11.2. The normalized spacial score (nSPS) is 15.0. The van der Waals surface area contributed by atoms with Gasteiger partial charge in [-0.3, -0.25) is 0 Å². The lowest BCUT2D eigenvalue weighted by Gasteiger charge is -2.08. The molecule has 6 nitrogen and oxygen atoms in total. The molecule has 0 saturated heterocycles. The second kappa shape index (κ2) is 5.00. The number of pyridine rings is 1. The number of rotatable bonds is 3. The smallest absolute Gasteiger partial charge is 0.235 e. The van der Waals surface area contributed by atoms with Crippen molar-refractivity contribution in [3.63, 3.8) is 0 Å². The van der Waals surface area contributed by atoms with Gasteiger partial charge in [0.25, 0.3) is 0 Å². The number of nitrogens with zero attached hydrogens (tertiary/aromatic N) is 6. The number of alkyl halides is 3. The predicted octanol–water partition coefficient (Wildman–Crippen LogP) is 2.44. The highest BCUT2D eigenvalue weighted by molar-refractivity contribution is 7.99. The van der Waals surface area contributed by atoms with Gasteiger partial charge in [-0.2, -0.15) is 18.4 Å². The highest BCUT2D eigenvalue weighted by atomic mass is 32.2. The number of hydrogen-bond donors (Lipinski definition) is 0. The molecule has 0 atom stereocenters. The number of halogens is 3. The summed E-state index contributed by atoms with van der Waals surface area (Å²) in [6, 6.07) is 3.89. The Bertz CT molecular complexity index is 715. The van der Waals surface area contributed by atoms with E-state index in [9.17, 15) is 13.2 Å². The van der Waals surface area contributed by atoms with Gasteiger partial charge < -0.3 is 0 Å². The summed E-state index contributed by atoms with van der Waals surface area (Å²) in [4.78, 5) is 3.52. The Labute approximate surface area is 121 Å². The molecule has 2 heterocycles. The van der Waals surface area contributed by atoms with Gasteiger partial charge in [0.2, 0.25) is 5.16 Å². The summed E-state index contributed by atoms with van der Waals surface area (Å²) in [5, 5.41) is 20.4. The van der Waals surface area contributed by atoms with Crippen LogP contribution in [0.1, 0.15) is 30.1 Å². The molecule has 0 aromatic carbocycles. The van der Waals surface area contributed by atoms with E-state index in [2.05, 4.69) is 20.5 Å². The van der Waals surface area contributed by atoms with Gasteiger partial charge in [0.1, 0.15) is 16.8 Å². The molecule has 21 heavy (non-hydrogen) atoms. The van der Waals surface area contributed by atoms with Gasteiger partial charge in [-0.05, 0) is 47.2 Å². The largest absolute Gasteiger partial charge is 0.433 e. The molecular weight excluding hydrogens is 305 g/mol. The molecule has 1 saturated carbocycles.